The summed E-state index contributed by atoms with van der Waals surface area (Å²) >= 11 is 0. The van der Waals surface area contributed by atoms with E-state index < -0.39 is 117 Å². The standard InChI is InChI=1S/C78H138O21/c1-26-52-61(81)34(7)41(14)71(86-52)93-65-37(10)43(16)72(87-54(65)28-3)94-66-38(11)44(17)73(88-55(66)29-4)95-67-39(12)45(18)74(89-56(67)30-5)97-68-40(13)46(19)75(90-57(68)31-79)92-63-36(9)42(15)70(85-51(63)24)98-69-58(32-80)91-77(48(21)62(69)82)99-78(25)59-47(20)76(84-50(23)60(59)78)96-64-35(8)33(6)49(22)83-53(64)27-2/h33-77,79-82H,26-32H2,1-25H3/t33?,34?,35?,36?,37?,38-,39-,40?,41?,42?,43?,44-,45?,46?,47?,48?,49-,50?,51?,52?,53?,54?,55?,56?,57?,58?,59-,60-,61+,62-,63+,64+,65+,66-,67-,68+,69+,70-,71-,72-,73?,74+,75-,76-,77+,78?/m1/s1. The van der Waals surface area contributed by atoms with Gasteiger partial charge in [0.1, 0.15) is 18.3 Å². The molecule has 0 spiro atoms. The normalized spacial score (nSPS) is 55.9. The van der Waals surface area contributed by atoms with Crippen molar-refractivity contribution in [3.63, 3.8) is 0 Å². The van der Waals surface area contributed by atoms with Crippen molar-refractivity contribution in [1.82, 2.24) is 0 Å². The van der Waals surface area contributed by atoms with Crippen LogP contribution in [0, 0.1) is 107 Å². The second-order valence-electron chi connectivity index (χ2n) is 33.7. The third-order valence-electron chi connectivity index (χ3n) is 27.9. The van der Waals surface area contributed by atoms with Gasteiger partial charge in [0.25, 0.3) is 0 Å². The molecule has 9 heterocycles. The van der Waals surface area contributed by atoms with E-state index in [1.165, 1.54) is 0 Å². The highest BCUT2D eigenvalue weighted by molar-refractivity contribution is 5.18. The summed E-state index contributed by atoms with van der Waals surface area (Å²) in [5, 5.41) is 45.0. The summed E-state index contributed by atoms with van der Waals surface area (Å²) in [6.07, 6.45) is -8.04. The molecule has 0 aromatic rings. The van der Waals surface area contributed by atoms with Gasteiger partial charge in [0.15, 0.2) is 50.3 Å². The first-order valence-electron chi connectivity index (χ1n) is 39.6. The van der Waals surface area contributed by atoms with E-state index in [9.17, 15) is 20.4 Å². The van der Waals surface area contributed by atoms with Crippen LogP contribution in [0.3, 0.4) is 0 Å². The van der Waals surface area contributed by atoms with Crippen LogP contribution in [-0.4, -0.2) is 206 Å². The zero-order valence-electron chi connectivity index (χ0n) is 65.2. The van der Waals surface area contributed by atoms with Crippen LogP contribution in [0.1, 0.15) is 205 Å². The molecule has 10 fully saturated rings. The van der Waals surface area contributed by atoms with Gasteiger partial charge < -0.3 is 101 Å². The highest BCUT2D eigenvalue weighted by Gasteiger charge is 2.72. The number of hydrogen-bond acceptors (Lipinski definition) is 21. The number of rotatable bonds is 23. The predicted octanol–water partition coefficient (Wildman–Crippen LogP) is 11.3. The fraction of sp³-hybridized carbons (Fsp3) is 1.00. The molecule has 576 valence electrons. The Hall–Kier alpha value is -0.840. The Labute approximate surface area is 595 Å². The molecule has 1 saturated carbocycles. The molecule has 1 aliphatic carbocycles. The fourth-order valence-electron chi connectivity index (χ4n) is 19.2. The van der Waals surface area contributed by atoms with Crippen molar-refractivity contribution in [3.05, 3.63) is 0 Å². The molecule has 0 amide bonds. The van der Waals surface area contributed by atoms with Crippen LogP contribution in [0.15, 0.2) is 0 Å². The van der Waals surface area contributed by atoms with Crippen LogP contribution in [0.4, 0.5) is 0 Å². The van der Waals surface area contributed by atoms with E-state index in [4.69, 9.17) is 80.5 Å². The second-order valence-corrected chi connectivity index (χ2v) is 33.7. The molecule has 9 aliphatic heterocycles. The van der Waals surface area contributed by atoms with Crippen LogP contribution in [-0.2, 0) is 80.5 Å². The minimum atomic E-state index is -1.04. The average molecular weight is 1410 g/mol. The van der Waals surface area contributed by atoms with Gasteiger partial charge in [0.2, 0.25) is 0 Å². The lowest BCUT2D eigenvalue weighted by atomic mass is 9.80. The first-order chi connectivity index (χ1) is 46.8. The van der Waals surface area contributed by atoms with E-state index >= 15 is 0 Å². The summed E-state index contributed by atoms with van der Waals surface area (Å²) in [6, 6.07) is 0. The highest BCUT2D eigenvalue weighted by Crippen LogP contribution is 2.64. The van der Waals surface area contributed by atoms with Crippen molar-refractivity contribution in [2.75, 3.05) is 13.2 Å². The number of fused-ring (bicyclic) bond motifs is 1. The van der Waals surface area contributed by atoms with Crippen molar-refractivity contribution in [3.8, 4) is 0 Å². The van der Waals surface area contributed by atoms with E-state index in [1.54, 1.807) is 0 Å². The Morgan fingerprint density at radius 3 is 0.960 bits per heavy atom. The smallest absolute Gasteiger partial charge is 0.164 e. The van der Waals surface area contributed by atoms with Gasteiger partial charge in [-0.2, -0.15) is 0 Å². The molecule has 46 atom stereocenters. The Morgan fingerprint density at radius 2 is 0.545 bits per heavy atom. The second kappa shape index (κ2) is 33.3. The summed E-state index contributed by atoms with van der Waals surface area (Å²) in [6.45, 7) is 52.7. The average Bonchev–Trinajstić information content (AvgIpc) is 1.53. The molecule has 9 saturated heterocycles. The molecule has 0 aromatic heterocycles. The lowest BCUT2D eigenvalue weighted by molar-refractivity contribution is -0.372. The SMILES string of the molecule is CCC1O[C@H](O[C@@H]2C(CC)O[C@H](O[C@H]3C(CC)OC(O[C@H]4C(CC)O[C@@H](O[C@@H]5C(CO)O[C@H](O[C@@H]6C(C)O[C@H](O[C@H]7C(CO)O[C@@H](OC8(C)[C@@H]9C(C)O[C@H](O[C@@H]%10C(CC)O[C@H](C)C(C)C%10C)C(C)[C@H]98)C(C)[C@H]7O)C(C)C6C)C(C)C5C)C(C)[C@H]4C)[C@H](C)[C@H]3C)C(C)C2C)C(C)C(C)[C@@H]1O. The molecule has 21 nitrogen and oxygen atoms in total. The van der Waals surface area contributed by atoms with Gasteiger partial charge in [-0.3, -0.25) is 0 Å². The van der Waals surface area contributed by atoms with E-state index in [0.29, 0.717) is 18.3 Å². The van der Waals surface area contributed by atoms with Gasteiger partial charge in [0.05, 0.1) is 116 Å². The highest BCUT2D eigenvalue weighted by atomic mass is 16.8. The molecule has 24 unspecified atom stereocenters. The third-order valence-corrected chi connectivity index (χ3v) is 27.9. The van der Waals surface area contributed by atoms with E-state index in [0.717, 1.165) is 25.7 Å². The molecule has 0 radical (unpaired) electrons. The number of hydrogen-bond donors (Lipinski definition) is 4. The van der Waals surface area contributed by atoms with Crippen LogP contribution in [0.2, 0.25) is 0 Å². The number of aliphatic hydroxyl groups excluding tert-OH is 4. The van der Waals surface area contributed by atoms with Crippen LogP contribution >= 0.6 is 0 Å². The minimum absolute atomic E-state index is 0.00814. The van der Waals surface area contributed by atoms with Crippen molar-refractivity contribution >= 4 is 0 Å². The Kier molecular flexibility index (Phi) is 27.2. The molecule has 0 bridgehead atoms. The minimum Gasteiger partial charge on any atom is -0.394 e. The maximum Gasteiger partial charge on any atom is 0.164 e. The Bertz CT molecular complexity index is 2490. The van der Waals surface area contributed by atoms with Crippen molar-refractivity contribution < 1.29 is 101 Å². The zero-order chi connectivity index (χ0) is 72.5. The monoisotopic (exact) mass is 1410 g/mol. The van der Waals surface area contributed by atoms with Gasteiger partial charge in [-0.15, -0.1) is 0 Å². The first-order valence-corrected chi connectivity index (χ1v) is 39.6. The molecule has 0 aromatic carbocycles. The lowest BCUT2D eigenvalue weighted by Gasteiger charge is -2.52. The van der Waals surface area contributed by atoms with Crippen LogP contribution < -0.4 is 0 Å². The van der Waals surface area contributed by atoms with Gasteiger partial charge in [-0.1, -0.05) is 145 Å². The molecule has 4 N–H and O–H groups in total. The summed E-state index contributed by atoms with van der Waals surface area (Å²) in [4.78, 5) is 0. The maximum atomic E-state index is 12.1. The largest absolute Gasteiger partial charge is 0.394 e. The van der Waals surface area contributed by atoms with Crippen LogP contribution in [0.5, 0.6) is 0 Å². The van der Waals surface area contributed by atoms with E-state index in [2.05, 4.69) is 152 Å². The van der Waals surface area contributed by atoms with Crippen molar-refractivity contribution in [1.29, 1.82) is 0 Å². The molecule has 10 aliphatic rings. The fourth-order valence-corrected chi connectivity index (χ4v) is 19.2. The van der Waals surface area contributed by atoms with Crippen molar-refractivity contribution in [2.45, 2.75) is 377 Å². The number of ether oxygens (including phenoxy) is 17. The summed E-state index contributed by atoms with van der Waals surface area (Å²) < 4.78 is 116. The number of aliphatic hydroxyl groups is 4. The summed E-state index contributed by atoms with van der Waals surface area (Å²) in [5.41, 5.74) is -0.608. The van der Waals surface area contributed by atoms with Gasteiger partial charge >= 0.3 is 0 Å². The molecule has 21 heteroatoms. The lowest BCUT2D eigenvalue weighted by Crippen LogP contribution is -2.61. The topological polar surface area (TPSA) is 238 Å². The van der Waals surface area contributed by atoms with Crippen molar-refractivity contribution in [2.24, 2.45) is 107 Å². The predicted molar refractivity (Wildman–Crippen MR) is 370 cm³/mol. The van der Waals surface area contributed by atoms with E-state index in [1.807, 2.05) is 20.8 Å². The Balaban J connectivity index is 0.705. The quantitative estimate of drug-likeness (QED) is 0.0744. The molecular weight excluding hydrogens is 1270 g/mol. The molecular formula is C78H138O21. The first kappa shape index (κ1) is 80.7. The van der Waals surface area contributed by atoms with Gasteiger partial charge in [0, 0.05) is 59.2 Å². The maximum absolute atomic E-state index is 12.1. The third kappa shape index (κ3) is 15.8. The zero-order valence-corrected chi connectivity index (χ0v) is 65.2. The van der Waals surface area contributed by atoms with E-state index in [-0.39, 0.29) is 163 Å². The summed E-state index contributed by atoms with van der Waals surface area (Å²) in [7, 11) is 0. The molecule has 99 heavy (non-hydrogen) atoms. The van der Waals surface area contributed by atoms with Gasteiger partial charge in [-0.05, 0) is 107 Å². The molecule has 10 rings (SSSR count). The van der Waals surface area contributed by atoms with Crippen LogP contribution in [0.25, 0.3) is 0 Å². The Morgan fingerprint density at radius 1 is 0.253 bits per heavy atom. The van der Waals surface area contributed by atoms with Gasteiger partial charge in [-0.25, -0.2) is 0 Å². The summed E-state index contributed by atoms with van der Waals surface area (Å²) in [5.74, 6) is 0.0671.